The van der Waals surface area contributed by atoms with Crippen LogP contribution in [-0.4, -0.2) is 22.7 Å². The zero-order valence-electron chi connectivity index (χ0n) is 13.8. The van der Waals surface area contributed by atoms with Crippen LogP contribution in [0.1, 0.15) is 22.4 Å². The molecule has 24 heavy (non-hydrogen) atoms. The van der Waals surface area contributed by atoms with E-state index in [0.717, 1.165) is 22.1 Å². The second-order valence-corrected chi connectivity index (χ2v) is 6.01. The second kappa shape index (κ2) is 6.74. The van der Waals surface area contributed by atoms with Crippen LogP contribution >= 0.6 is 0 Å². The number of hydrogen-bond donors (Lipinski definition) is 2. The Kier molecular flexibility index (Phi) is 4.51. The van der Waals surface area contributed by atoms with Gasteiger partial charge >= 0.3 is 0 Å². The van der Waals surface area contributed by atoms with E-state index in [9.17, 15) is 9.90 Å². The molecule has 5 heteroatoms. The molecule has 1 aromatic heterocycles. The molecule has 2 aromatic carbocycles. The summed E-state index contributed by atoms with van der Waals surface area (Å²) < 4.78 is 5.32. The van der Waals surface area contributed by atoms with Crippen LogP contribution in [0.3, 0.4) is 0 Å². The molecule has 0 unspecified atom stereocenters. The van der Waals surface area contributed by atoms with Crippen molar-refractivity contribution in [3.8, 4) is 5.75 Å². The third-order valence-corrected chi connectivity index (χ3v) is 4.16. The van der Waals surface area contributed by atoms with Crippen molar-refractivity contribution >= 4 is 16.9 Å². The van der Waals surface area contributed by atoms with E-state index in [1.54, 1.807) is 12.1 Å². The number of phenols is 1. The first-order valence-electron chi connectivity index (χ1n) is 7.93. The molecular formula is C19H20N2O3. The minimum absolute atomic E-state index is 0.0813. The molecular weight excluding hydrogens is 304 g/mol. The van der Waals surface area contributed by atoms with Crippen LogP contribution in [0.25, 0.3) is 11.0 Å². The first kappa shape index (κ1) is 16.1. The highest BCUT2D eigenvalue weighted by Gasteiger charge is 2.13. The molecule has 0 aliphatic carbocycles. The number of aryl methyl sites for hydroxylation is 2. The SMILES string of the molecule is Cc1cc2onc(CC(=O)NCCc3ccc(O)cc3)c2cc1C. The van der Waals surface area contributed by atoms with Gasteiger partial charge in [-0.1, -0.05) is 17.3 Å². The number of benzene rings is 2. The summed E-state index contributed by atoms with van der Waals surface area (Å²) >= 11 is 0. The molecule has 0 fully saturated rings. The average molecular weight is 324 g/mol. The lowest BCUT2D eigenvalue weighted by molar-refractivity contribution is -0.120. The molecule has 0 radical (unpaired) electrons. The normalized spacial score (nSPS) is 10.9. The van der Waals surface area contributed by atoms with Crippen molar-refractivity contribution < 1.29 is 14.4 Å². The molecule has 0 atom stereocenters. The lowest BCUT2D eigenvalue weighted by Crippen LogP contribution is -2.27. The fourth-order valence-corrected chi connectivity index (χ4v) is 2.60. The Morgan fingerprint density at radius 2 is 1.88 bits per heavy atom. The summed E-state index contributed by atoms with van der Waals surface area (Å²) in [6.45, 7) is 4.59. The van der Waals surface area contributed by atoms with Gasteiger partial charge in [-0.05, 0) is 61.2 Å². The van der Waals surface area contributed by atoms with Gasteiger partial charge in [0.15, 0.2) is 5.58 Å². The topological polar surface area (TPSA) is 75.4 Å². The number of nitrogens with zero attached hydrogens (tertiary/aromatic N) is 1. The summed E-state index contributed by atoms with van der Waals surface area (Å²) in [5.74, 6) is 0.161. The Hall–Kier alpha value is -2.82. The van der Waals surface area contributed by atoms with Gasteiger partial charge in [0.05, 0.1) is 6.42 Å². The van der Waals surface area contributed by atoms with Crippen molar-refractivity contribution in [2.24, 2.45) is 0 Å². The summed E-state index contributed by atoms with van der Waals surface area (Å²) in [5.41, 5.74) is 4.73. The molecule has 1 amide bonds. The molecule has 0 aliphatic rings. The van der Waals surface area contributed by atoms with Gasteiger partial charge in [-0.15, -0.1) is 0 Å². The Morgan fingerprint density at radius 1 is 1.17 bits per heavy atom. The lowest BCUT2D eigenvalue weighted by atomic mass is 10.1. The molecule has 3 aromatic rings. The first-order valence-corrected chi connectivity index (χ1v) is 7.93. The molecule has 1 heterocycles. The Labute approximate surface area is 140 Å². The van der Waals surface area contributed by atoms with Crippen LogP contribution in [0.15, 0.2) is 40.9 Å². The number of fused-ring (bicyclic) bond motifs is 1. The minimum atomic E-state index is -0.0813. The van der Waals surface area contributed by atoms with Crippen molar-refractivity contribution in [3.63, 3.8) is 0 Å². The summed E-state index contributed by atoms with van der Waals surface area (Å²) in [6, 6.07) is 10.9. The lowest BCUT2D eigenvalue weighted by Gasteiger charge is -2.05. The van der Waals surface area contributed by atoms with E-state index in [4.69, 9.17) is 4.52 Å². The van der Waals surface area contributed by atoms with Gasteiger partial charge in [0.25, 0.3) is 0 Å². The van der Waals surface area contributed by atoms with E-state index < -0.39 is 0 Å². The van der Waals surface area contributed by atoms with Crippen molar-refractivity contribution in [2.75, 3.05) is 6.54 Å². The summed E-state index contributed by atoms with van der Waals surface area (Å²) in [6.07, 6.45) is 0.912. The standard InChI is InChI=1S/C19H20N2O3/c1-12-9-16-17(21-24-18(16)10-13(12)2)11-19(23)20-8-7-14-3-5-15(22)6-4-14/h3-6,9-10,22H,7-8,11H2,1-2H3,(H,20,23). The van der Waals surface area contributed by atoms with E-state index in [2.05, 4.69) is 10.5 Å². The van der Waals surface area contributed by atoms with Crippen LogP contribution in [0.5, 0.6) is 5.75 Å². The predicted octanol–water partition coefficient (Wildman–Crippen LogP) is 3.05. The number of nitrogens with one attached hydrogen (secondary N) is 1. The Bertz CT molecular complexity index is 866. The van der Waals surface area contributed by atoms with E-state index in [-0.39, 0.29) is 18.1 Å². The highest BCUT2D eigenvalue weighted by molar-refractivity contribution is 5.87. The van der Waals surface area contributed by atoms with Crippen LogP contribution in [0.2, 0.25) is 0 Å². The zero-order valence-corrected chi connectivity index (χ0v) is 13.8. The number of phenolic OH excluding ortho intramolecular Hbond substituents is 1. The molecule has 124 valence electrons. The van der Waals surface area contributed by atoms with Crippen LogP contribution in [0.4, 0.5) is 0 Å². The predicted molar refractivity (Wildman–Crippen MR) is 92.0 cm³/mol. The Morgan fingerprint density at radius 3 is 2.62 bits per heavy atom. The minimum Gasteiger partial charge on any atom is -0.508 e. The molecule has 2 N–H and O–H groups in total. The summed E-state index contributed by atoms with van der Waals surface area (Å²) in [4.78, 5) is 12.1. The van der Waals surface area contributed by atoms with Crippen molar-refractivity contribution in [1.82, 2.24) is 10.5 Å². The van der Waals surface area contributed by atoms with E-state index >= 15 is 0 Å². The fraction of sp³-hybridized carbons (Fsp3) is 0.263. The number of aromatic nitrogens is 1. The van der Waals surface area contributed by atoms with Crippen molar-refractivity contribution in [1.29, 1.82) is 0 Å². The maximum Gasteiger partial charge on any atom is 0.226 e. The highest BCUT2D eigenvalue weighted by atomic mass is 16.5. The molecule has 0 aliphatic heterocycles. The monoisotopic (exact) mass is 324 g/mol. The van der Waals surface area contributed by atoms with Crippen LogP contribution < -0.4 is 5.32 Å². The molecule has 0 saturated heterocycles. The molecule has 0 spiro atoms. The maximum absolute atomic E-state index is 12.1. The van der Waals surface area contributed by atoms with E-state index in [1.807, 2.05) is 38.1 Å². The third kappa shape index (κ3) is 3.56. The highest BCUT2D eigenvalue weighted by Crippen LogP contribution is 2.22. The van der Waals surface area contributed by atoms with Gasteiger partial charge in [0.1, 0.15) is 11.4 Å². The number of aromatic hydroxyl groups is 1. The van der Waals surface area contributed by atoms with Gasteiger partial charge in [0.2, 0.25) is 5.91 Å². The van der Waals surface area contributed by atoms with Crippen molar-refractivity contribution in [2.45, 2.75) is 26.7 Å². The van der Waals surface area contributed by atoms with Gasteiger partial charge < -0.3 is 14.9 Å². The quantitative estimate of drug-likeness (QED) is 0.756. The number of carbonyl (C=O) groups excluding carboxylic acids is 1. The number of carbonyl (C=O) groups is 1. The number of rotatable bonds is 5. The zero-order chi connectivity index (χ0) is 17.1. The van der Waals surface area contributed by atoms with Gasteiger partial charge in [-0.2, -0.15) is 0 Å². The molecule has 3 rings (SSSR count). The number of hydrogen-bond acceptors (Lipinski definition) is 4. The van der Waals surface area contributed by atoms with Gasteiger partial charge in [0, 0.05) is 11.9 Å². The molecule has 0 saturated carbocycles. The van der Waals surface area contributed by atoms with E-state index in [0.29, 0.717) is 24.2 Å². The summed E-state index contributed by atoms with van der Waals surface area (Å²) in [7, 11) is 0. The largest absolute Gasteiger partial charge is 0.508 e. The van der Waals surface area contributed by atoms with E-state index in [1.165, 1.54) is 0 Å². The van der Waals surface area contributed by atoms with Gasteiger partial charge in [-0.25, -0.2) is 0 Å². The number of amides is 1. The van der Waals surface area contributed by atoms with Crippen LogP contribution in [-0.2, 0) is 17.6 Å². The molecule has 5 nitrogen and oxygen atoms in total. The molecule has 0 bridgehead atoms. The third-order valence-electron chi connectivity index (χ3n) is 4.16. The second-order valence-electron chi connectivity index (χ2n) is 6.01. The Balaban J connectivity index is 1.59. The fourth-order valence-electron chi connectivity index (χ4n) is 2.60. The van der Waals surface area contributed by atoms with Gasteiger partial charge in [-0.3, -0.25) is 4.79 Å². The van der Waals surface area contributed by atoms with Crippen molar-refractivity contribution in [3.05, 3.63) is 58.8 Å². The smallest absolute Gasteiger partial charge is 0.226 e. The average Bonchev–Trinajstić information content (AvgIpc) is 2.92. The first-order chi connectivity index (χ1) is 11.5. The maximum atomic E-state index is 12.1. The summed E-state index contributed by atoms with van der Waals surface area (Å²) in [5, 5.41) is 17.1. The van der Waals surface area contributed by atoms with Crippen LogP contribution in [0, 0.1) is 13.8 Å².